The van der Waals surface area contributed by atoms with E-state index in [4.69, 9.17) is 11.6 Å². The van der Waals surface area contributed by atoms with Crippen molar-refractivity contribution in [3.63, 3.8) is 0 Å². The molecule has 2 heterocycles. The van der Waals surface area contributed by atoms with Crippen LogP contribution in [0.5, 0.6) is 0 Å². The summed E-state index contributed by atoms with van der Waals surface area (Å²) in [4.78, 5) is 14.5. The number of fused-ring (bicyclic) bond motifs is 1. The standard InChI is InChI=1S/C21H21ClF2N4O/c1-12-9-15(4-6-17(12)23)25-21(29)27-7-8-28-19(11-27)20(13(2)26-28)14-3-5-18(24)16(22)10-14/h3-6,9-10,13,26H,7-8,11H2,1-2H3,(H,25,29). The minimum atomic E-state index is -0.462. The van der Waals surface area contributed by atoms with Crippen molar-refractivity contribution in [1.82, 2.24) is 15.3 Å². The summed E-state index contributed by atoms with van der Waals surface area (Å²) in [5, 5.41) is 4.93. The van der Waals surface area contributed by atoms with Crippen molar-refractivity contribution in [2.24, 2.45) is 0 Å². The molecule has 0 aromatic heterocycles. The number of piperazine rings is 1. The van der Waals surface area contributed by atoms with Crippen LogP contribution in [0.3, 0.4) is 0 Å². The maximum atomic E-state index is 13.6. The number of carbonyl (C=O) groups is 1. The zero-order valence-electron chi connectivity index (χ0n) is 16.1. The lowest BCUT2D eigenvalue weighted by Gasteiger charge is -2.35. The van der Waals surface area contributed by atoms with Crippen LogP contribution in [-0.4, -0.2) is 41.6 Å². The van der Waals surface area contributed by atoms with Gasteiger partial charge in [0.15, 0.2) is 0 Å². The van der Waals surface area contributed by atoms with Gasteiger partial charge >= 0.3 is 6.03 Å². The van der Waals surface area contributed by atoms with E-state index in [0.29, 0.717) is 30.9 Å². The largest absolute Gasteiger partial charge is 0.322 e. The molecule has 2 aliphatic rings. The second-order valence-electron chi connectivity index (χ2n) is 7.31. The van der Waals surface area contributed by atoms with Gasteiger partial charge in [-0.1, -0.05) is 17.7 Å². The zero-order valence-corrected chi connectivity index (χ0v) is 16.9. The van der Waals surface area contributed by atoms with E-state index in [1.165, 1.54) is 12.1 Å². The average molecular weight is 419 g/mol. The molecule has 2 aromatic carbocycles. The molecule has 5 nitrogen and oxygen atoms in total. The molecule has 1 atom stereocenters. The minimum absolute atomic E-state index is 0.00860. The second kappa shape index (κ2) is 7.65. The van der Waals surface area contributed by atoms with Crippen molar-refractivity contribution in [2.45, 2.75) is 19.9 Å². The Kier molecular flexibility index (Phi) is 5.19. The molecule has 29 heavy (non-hydrogen) atoms. The summed E-state index contributed by atoms with van der Waals surface area (Å²) in [7, 11) is 0. The van der Waals surface area contributed by atoms with Gasteiger partial charge in [-0.05, 0) is 55.3 Å². The first-order valence-electron chi connectivity index (χ1n) is 9.37. The molecule has 1 fully saturated rings. The molecule has 1 saturated heterocycles. The van der Waals surface area contributed by atoms with Gasteiger partial charge in [0.05, 0.1) is 29.9 Å². The zero-order chi connectivity index (χ0) is 20.7. The number of nitrogens with zero attached hydrogens (tertiary/aromatic N) is 2. The van der Waals surface area contributed by atoms with E-state index in [2.05, 4.69) is 10.7 Å². The Morgan fingerprint density at radius 3 is 2.66 bits per heavy atom. The molecule has 0 aliphatic carbocycles. The number of amides is 2. The summed E-state index contributed by atoms with van der Waals surface area (Å²) in [5.74, 6) is -0.772. The number of benzene rings is 2. The molecule has 1 unspecified atom stereocenters. The summed E-state index contributed by atoms with van der Waals surface area (Å²) >= 11 is 5.98. The van der Waals surface area contributed by atoms with Gasteiger partial charge in [0.25, 0.3) is 0 Å². The number of hydrogen-bond acceptors (Lipinski definition) is 3. The molecular weight excluding hydrogens is 398 g/mol. The van der Waals surface area contributed by atoms with Crippen LogP contribution in [0.15, 0.2) is 42.1 Å². The number of rotatable bonds is 2. The van der Waals surface area contributed by atoms with Crippen LogP contribution in [0.2, 0.25) is 5.02 Å². The number of carbonyl (C=O) groups excluding carboxylic acids is 1. The number of hydrogen-bond donors (Lipinski definition) is 2. The van der Waals surface area contributed by atoms with E-state index in [1.807, 2.05) is 11.9 Å². The Bertz CT molecular complexity index is 1010. The first-order chi connectivity index (χ1) is 13.8. The van der Waals surface area contributed by atoms with Crippen molar-refractivity contribution in [2.75, 3.05) is 25.0 Å². The molecular formula is C21H21ClF2N4O. The number of urea groups is 1. The summed E-state index contributed by atoms with van der Waals surface area (Å²) in [5.41, 5.74) is 7.17. The Morgan fingerprint density at radius 2 is 1.93 bits per heavy atom. The van der Waals surface area contributed by atoms with E-state index in [-0.39, 0.29) is 22.9 Å². The highest BCUT2D eigenvalue weighted by Gasteiger charge is 2.34. The van der Waals surface area contributed by atoms with Crippen LogP contribution in [0.25, 0.3) is 5.57 Å². The molecule has 0 spiro atoms. The SMILES string of the molecule is Cc1cc(NC(=O)N2CCN3NC(C)C(c4ccc(F)c(Cl)c4)=C3C2)ccc1F. The molecule has 4 rings (SSSR count). The van der Waals surface area contributed by atoms with Crippen molar-refractivity contribution in [3.8, 4) is 0 Å². The third-order valence-electron chi connectivity index (χ3n) is 5.28. The fourth-order valence-corrected chi connectivity index (χ4v) is 3.98. The molecule has 8 heteroatoms. The van der Waals surface area contributed by atoms with Crippen molar-refractivity contribution in [1.29, 1.82) is 0 Å². The average Bonchev–Trinajstić information content (AvgIpc) is 3.02. The maximum Gasteiger partial charge on any atom is 0.322 e. The second-order valence-corrected chi connectivity index (χ2v) is 7.71. The van der Waals surface area contributed by atoms with E-state index in [9.17, 15) is 13.6 Å². The van der Waals surface area contributed by atoms with Crippen molar-refractivity contribution in [3.05, 3.63) is 69.9 Å². The van der Waals surface area contributed by atoms with Crippen LogP contribution in [-0.2, 0) is 0 Å². The highest BCUT2D eigenvalue weighted by atomic mass is 35.5. The predicted octanol–water partition coefficient (Wildman–Crippen LogP) is 4.39. The molecule has 2 aromatic rings. The third-order valence-corrected chi connectivity index (χ3v) is 5.57. The molecule has 0 radical (unpaired) electrons. The Labute approximate surface area is 172 Å². The summed E-state index contributed by atoms with van der Waals surface area (Å²) in [6, 6.07) is 8.91. The van der Waals surface area contributed by atoms with Gasteiger partial charge in [-0.3, -0.25) is 0 Å². The van der Waals surface area contributed by atoms with Crippen molar-refractivity contribution >= 4 is 28.9 Å². The number of aryl methyl sites for hydroxylation is 1. The topological polar surface area (TPSA) is 47.6 Å². The van der Waals surface area contributed by atoms with Crippen LogP contribution in [0.1, 0.15) is 18.1 Å². The fraction of sp³-hybridized carbons (Fsp3) is 0.286. The van der Waals surface area contributed by atoms with Crippen LogP contribution >= 0.6 is 11.6 Å². The van der Waals surface area contributed by atoms with Gasteiger partial charge in [-0.25, -0.2) is 19.0 Å². The summed E-state index contributed by atoms with van der Waals surface area (Å²) < 4.78 is 27.0. The maximum absolute atomic E-state index is 13.6. The quantitative estimate of drug-likeness (QED) is 0.760. The van der Waals surface area contributed by atoms with E-state index >= 15 is 0 Å². The number of nitrogens with one attached hydrogen (secondary N) is 2. The number of anilines is 1. The van der Waals surface area contributed by atoms with Crippen LogP contribution in [0.4, 0.5) is 19.3 Å². The molecule has 2 N–H and O–H groups in total. The Hall–Kier alpha value is -2.64. The lowest BCUT2D eigenvalue weighted by molar-refractivity contribution is 0.156. The highest BCUT2D eigenvalue weighted by Crippen LogP contribution is 2.33. The Balaban J connectivity index is 1.58. The highest BCUT2D eigenvalue weighted by molar-refractivity contribution is 6.30. The van der Waals surface area contributed by atoms with Crippen LogP contribution in [0, 0.1) is 18.6 Å². The van der Waals surface area contributed by atoms with Gasteiger partial charge in [0.1, 0.15) is 11.6 Å². The van der Waals surface area contributed by atoms with Crippen LogP contribution < -0.4 is 10.7 Å². The Morgan fingerprint density at radius 1 is 1.17 bits per heavy atom. The number of halogens is 3. The number of hydrazine groups is 1. The summed E-state index contributed by atoms with van der Waals surface area (Å²) in [6.45, 7) is 5.22. The normalized spacial score (nSPS) is 18.9. The van der Waals surface area contributed by atoms with Gasteiger partial charge < -0.3 is 15.2 Å². The first-order valence-corrected chi connectivity index (χ1v) is 9.75. The van der Waals surface area contributed by atoms with Gasteiger partial charge in [0.2, 0.25) is 0 Å². The van der Waals surface area contributed by atoms with Gasteiger partial charge in [0, 0.05) is 17.8 Å². The lowest BCUT2D eigenvalue weighted by Crippen LogP contribution is -2.51. The first kappa shape index (κ1) is 19.7. The molecule has 0 bridgehead atoms. The smallest absolute Gasteiger partial charge is 0.317 e. The van der Waals surface area contributed by atoms with E-state index in [1.54, 1.807) is 36.1 Å². The van der Waals surface area contributed by atoms with Gasteiger partial charge in [-0.2, -0.15) is 0 Å². The lowest BCUT2D eigenvalue weighted by atomic mass is 9.98. The monoisotopic (exact) mass is 418 g/mol. The predicted molar refractivity (Wildman–Crippen MR) is 109 cm³/mol. The van der Waals surface area contributed by atoms with Crippen molar-refractivity contribution < 1.29 is 13.6 Å². The molecule has 2 amide bonds. The molecule has 152 valence electrons. The third kappa shape index (κ3) is 3.80. The summed E-state index contributed by atoms with van der Waals surface area (Å²) in [6.07, 6.45) is 0. The van der Waals surface area contributed by atoms with Gasteiger partial charge in [-0.15, -0.1) is 0 Å². The van der Waals surface area contributed by atoms with E-state index in [0.717, 1.165) is 16.8 Å². The minimum Gasteiger partial charge on any atom is -0.317 e. The molecule has 0 saturated carbocycles. The molecule has 2 aliphatic heterocycles. The fourth-order valence-electron chi connectivity index (χ4n) is 3.80. The van der Waals surface area contributed by atoms with E-state index < -0.39 is 5.82 Å².